The quantitative estimate of drug-likeness (QED) is 0.148. The fourth-order valence-corrected chi connectivity index (χ4v) is 6.97. The number of nitrogens with zero attached hydrogens (tertiary/aromatic N) is 6. The van der Waals surface area contributed by atoms with Crippen LogP contribution >= 0.6 is 0 Å². The summed E-state index contributed by atoms with van der Waals surface area (Å²) in [5.74, 6) is 1.49. The summed E-state index contributed by atoms with van der Waals surface area (Å²) in [5, 5.41) is 12.2. The molecule has 6 aromatic rings. The lowest BCUT2D eigenvalue weighted by molar-refractivity contribution is 0.237. The number of aromatic nitrogens is 7. The molecule has 3 N–H and O–H groups in total. The molecule has 1 saturated heterocycles. The van der Waals surface area contributed by atoms with E-state index in [0.29, 0.717) is 40.6 Å². The molecule has 0 bridgehead atoms. The molecule has 0 spiro atoms. The molecule has 6 heterocycles. The number of hydrogen-bond acceptors (Lipinski definition) is 8. The van der Waals surface area contributed by atoms with Crippen LogP contribution in [0, 0.1) is 11.7 Å². The number of pyridine rings is 3. The van der Waals surface area contributed by atoms with Gasteiger partial charge in [0, 0.05) is 54.3 Å². The van der Waals surface area contributed by atoms with Crippen LogP contribution in [0.3, 0.4) is 0 Å². The van der Waals surface area contributed by atoms with Crippen LogP contribution in [0.1, 0.15) is 44.1 Å². The van der Waals surface area contributed by atoms with Gasteiger partial charge < -0.3 is 15.0 Å². The van der Waals surface area contributed by atoms with E-state index in [1.54, 1.807) is 12.4 Å². The first-order valence-corrected chi connectivity index (χ1v) is 16.7. The van der Waals surface area contributed by atoms with Gasteiger partial charge in [-0.1, -0.05) is 12.8 Å². The number of benzene rings is 1. The van der Waals surface area contributed by atoms with Crippen LogP contribution in [0.25, 0.3) is 56.0 Å². The molecule has 2 aliphatic rings. The maximum atomic E-state index is 14.8. The van der Waals surface area contributed by atoms with Gasteiger partial charge in [-0.3, -0.25) is 20.0 Å². The lowest BCUT2D eigenvalue weighted by Gasteiger charge is -2.15. The molecule has 0 radical (unpaired) electrons. The Labute approximate surface area is 272 Å². The summed E-state index contributed by atoms with van der Waals surface area (Å²) in [5.41, 5.74) is 6.97. The monoisotopic (exact) mass is 631 g/mol. The second-order valence-electron chi connectivity index (χ2n) is 12.8. The minimum atomic E-state index is -0.360. The van der Waals surface area contributed by atoms with E-state index in [1.807, 2.05) is 30.6 Å². The molecule has 2 fully saturated rings. The van der Waals surface area contributed by atoms with Gasteiger partial charge in [0.25, 0.3) is 0 Å². The van der Waals surface area contributed by atoms with Gasteiger partial charge in [0.2, 0.25) is 0 Å². The molecule has 10 nitrogen and oxygen atoms in total. The SMILES string of the molecule is Fc1cc(OCCN2CCCC2)cc(-c2ccnc3[nH]c(-c4n[nH]c5cnc(-c6cncc(CNCC7CCCC7)c6)cc45)nc23)c1. The average molecular weight is 632 g/mol. The lowest BCUT2D eigenvalue weighted by atomic mass is 10.1. The average Bonchev–Trinajstić information content (AvgIpc) is 3.91. The van der Waals surface area contributed by atoms with E-state index in [1.165, 1.54) is 50.7 Å². The highest BCUT2D eigenvalue weighted by Crippen LogP contribution is 2.33. The highest BCUT2D eigenvalue weighted by atomic mass is 19.1. The second-order valence-corrected chi connectivity index (χ2v) is 12.8. The number of fused-ring (bicyclic) bond motifs is 2. The van der Waals surface area contributed by atoms with Crippen molar-refractivity contribution in [2.45, 2.75) is 45.1 Å². The van der Waals surface area contributed by atoms with Gasteiger partial charge in [-0.25, -0.2) is 14.4 Å². The molecule has 5 aromatic heterocycles. The molecule has 1 saturated carbocycles. The summed E-state index contributed by atoms with van der Waals surface area (Å²) in [4.78, 5) is 24.4. The standard InChI is InChI=1S/C36H38FN9O/c37-27-14-25(15-28(16-27)47-12-11-46-9-3-4-10-46)29-7-8-40-35-33(29)42-36(43-35)34-30-17-31(41-22-32(30)44-45-34)26-13-24(20-39-21-26)19-38-18-23-5-1-2-6-23/h7-8,13-17,20-23,38H,1-6,9-12,18-19H2,(H,44,45)(H,40,42,43). The first-order valence-electron chi connectivity index (χ1n) is 16.7. The number of imidazole rings is 1. The molecule has 0 unspecified atom stereocenters. The first-order chi connectivity index (χ1) is 23.2. The largest absolute Gasteiger partial charge is 0.492 e. The summed E-state index contributed by atoms with van der Waals surface area (Å²) in [6, 6.07) is 10.8. The number of hydrogen-bond donors (Lipinski definition) is 3. The van der Waals surface area contributed by atoms with Gasteiger partial charge in [0.1, 0.15) is 29.4 Å². The van der Waals surface area contributed by atoms with E-state index in [9.17, 15) is 4.39 Å². The molecule has 1 aliphatic carbocycles. The van der Waals surface area contributed by atoms with Gasteiger partial charge in [-0.15, -0.1) is 0 Å². The Bertz CT molecular complexity index is 2010. The fraction of sp³-hybridized carbons (Fsp3) is 0.361. The third kappa shape index (κ3) is 6.45. The van der Waals surface area contributed by atoms with Gasteiger partial charge in [-0.2, -0.15) is 5.10 Å². The van der Waals surface area contributed by atoms with Crippen molar-refractivity contribution in [2.24, 2.45) is 5.92 Å². The van der Waals surface area contributed by atoms with Crippen LogP contribution in [0.15, 0.2) is 61.2 Å². The molecule has 11 heteroatoms. The number of likely N-dealkylation sites (tertiary alicyclic amines) is 1. The van der Waals surface area contributed by atoms with E-state index in [4.69, 9.17) is 14.7 Å². The third-order valence-electron chi connectivity index (χ3n) is 9.44. The lowest BCUT2D eigenvalue weighted by Crippen LogP contribution is -2.25. The highest BCUT2D eigenvalue weighted by molar-refractivity contribution is 5.96. The summed E-state index contributed by atoms with van der Waals surface area (Å²) < 4.78 is 20.8. The van der Waals surface area contributed by atoms with Crippen LogP contribution in [-0.4, -0.2) is 72.8 Å². The maximum absolute atomic E-state index is 14.8. The zero-order chi connectivity index (χ0) is 31.6. The van der Waals surface area contributed by atoms with E-state index in [2.05, 4.69) is 41.4 Å². The minimum Gasteiger partial charge on any atom is -0.492 e. The Morgan fingerprint density at radius 2 is 1.85 bits per heavy atom. The van der Waals surface area contributed by atoms with Crippen molar-refractivity contribution in [3.63, 3.8) is 0 Å². The Kier molecular flexibility index (Phi) is 8.31. The molecule has 1 aromatic carbocycles. The predicted octanol–water partition coefficient (Wildman–Crippen LogP) is 6.52. The zero-order valence-electron chi connectivity index (χ0n) is 26.3. The molecule has 0 atom stereocenters. The summed E-state index contributed by atoms with van der Waals surface area (Å²) >= 11 is 0. The Morgan fingerprint density at radius 3 is 2.74 bits per heavy atom. The molecular weight excluding hydrogens is 593 g/mol. The molecule has 47 heavy (non-hydrogen) atoms. The van der Waals surface area contributed by atoms with Crippen molar-refractivity contribution in [1.29, 1.82) is 0 Å². The van der Waals surface area contributed by atoms with Crippen LogP contribution in [0.4, 0.5) is 4.39 Å². The van der Waals surface area contributed by atoms with Gasteiger partial charge >= 0.3 is 0 Å². The number of ether oxygens (including phenoxy) is 1. The normalized spacial score (nSPS) is 15.8. The minimum absolute atomic E-state index is 0.360. The Morgan fingerprint density at radius 1 is 0.957 bits per heavy atom. The number of nitrogens with one attached hydrogen (secondary N) is 3. The third-order valence-corrected chi connectivity index (χ3v) is 9.44. The van der Waals surface area contributed by atoms with Crippen molar-refractivity contribution < 1.29 is 9.13 Å². The van der Waals surface area contributed by atoms with E-state index in [-0.39, 0.29) is 5.82 Å². The van der Waals surface area contributed by atoms with E-state index in [0.717, 1.165) is 71.9 Å². The topological polar surface area (TPSA) is 121 Å². The summed E-state index contributed by atoms with van der Waals surface area (Å²) in [6.45, 7) is 5.38. The van der Waals surface area contributed by atoms with Crippen LogP contribution < -0.4 is 10.1 Å². The number of halogens is 1. The summed E-state index contributed by atoms with van der Waals surface area (Å²) in [7, 11) is 0. The number of rotatable bonds is 11. The Balaban J connectivity index is 1.05. The fourth-order valence-electron chi connectivity index (χ4n) is 6.97. The number of aromatic amines is 2. The smallest absolute Gasteiger partial charge is 0.160 e. The van der Waals surface area contributed by atoms with Crippen molar-refractivity contribution in [3.05, 3.63) is 72.6 Å². The predicted molar refractivity (Wildman–Crippen MR) is 180 cm³/mol. The first kappa shape index (κ1) is 29.6. The van der Waals surface area contributed by atoms with Gasteiger partial charge in [-0.05, 0) is 92.7 Å². The van der Waals surface area contributed by atoms with Crippen LogP contribution in [-0.2, 0) is 6.54 Å². The van der Waals surface area contributed by atoms with Crippen molar-refractivity contribution in [3.8, 4) is 39.7 Å². The molecular formula is C36H38FN9O. The zero-order valence-corrected chi connectivity index (χ0v) is 26.3. The van der Waals surface area contributed by atoms with Crippen molar-refractivity contribution >= 4 is 22.1 Å². The highest BCUT2D eigenvalue weighted by Gasteiger charge is 2.19. The number of H-pyrrole nitrogens is 2. The van der Waals surface area contributed by atoms with Crippen LogP contribution in [0.2, 0.25) is 0 Å². The van der Waals surface area contributed by atoms with Crippen molar-refractivity contribution in [1.82, 2.24) is 45.3 Å². The maximum Gasteiger partial charge on any atom is 0.160 e. The molecule has 0 amide bonds. The van der Waals surface area contributed by atoms with Gasteiger partial charge in [0.15, 0.2) is 11.5 Å². The molecule has 240 valence electrons. The summed E-state index contributed by atoms with van der Waals surface area (Å²) in [6.07, 6.45) is 15.0. The molecule has 1 aliphatic heterocycles. The molecule has 8 rings (SSSR count). The van der Waals surface area contributed by atoms with Crippen molar-refractivity contribution in [2.75, 3.05) is 32.8 Å². The van der Waals surface area contributed by atoms with Crippen LogP contribution in [0.5, 0.6) is 5.75 Å². The van der Waals surface area contributed by atoms with Gasteiger partial charge in [0.05, 0.1) is 17.4 Å². The Hall–Kier alpha value is -4.74. The second kappa shape index (κ2) is 13.2. The van der Waals surface area contributed by atoms with E-state index < -0.39 is 0 Å². The van der Waals surface area contributed by atoms with E-state index >= 15 is 0 Å².